The molecule has 0 aromatic rings. The number of halogens is 5. The SMILES string of the molecule is O=C(N1CCC(N2CCOCC2)C(F)(F)C1)C(F)(F)F. The first kappa shape index (κ1) is 15.4. The molecule has 0 spiro atoms. The van der Waals surface area contributed by atoms with Crippen molar-refractivity contribution in [2.24, 2.45) is 0 Å². The number of carbonyl (C=O) groups excluding carboxylic acids is 1. The highest BCUT2D eigenvalue weighted by molar-refractivity contribution is 5.82. The Bertz CT molecular complexity index is 368. The lowest BCUT2D eigenvalue weighted by atomic mass is 9.98. The van der Waals surface area contributed by atoms with Gasteiger partial charge in [0, 0.05) is 19.6 Å². The summed E-state index contributed by atoms with van der Waals surface area (Å²) in [6.45, 7) is -0.181. The molecule has 2 heterocycles. The Hall–Kier alpha value is -0.960. The van der Waals surface area contributed by atoms with Gasteiger partial charge in [0.25, 0.3) is 5.92 Å². The molecule has 1 atom stereocenters. The van der Waals surface area contributed by atoms with Crippen LogP contribution in [0.2, 0.25) is 0 Å². The van der Waals surface area contributed by atoms with Crippen LogP contribution >= 0.6 is 0 Å². The molecule has 20 heavy (non-hydrogen) atoms. The third-order valence-electron chi connectivity index (χ3n) is 3.58. The molecule has 9 heteroatoms. The zero-order valence-corrected chi connectivity index (χ0v) is 10.6. The van der Waals surface area contributed by atoms with Crippen molar-refractivity contribution in [2.45, 2.75) is 24.6 Å². The Morgan fingerprint density at radius 1 is 1.15 bits per heavy atom. The quantitative estimate of drug-likeness (QED) is 0.681. The van der Waals surface area contributed by atoms with Gasteiger partial charge in [0.2, 0.25) is 0 Å². The van der Waals surface area contributed by atoms with Gasteiger partial charge in [0.05, 0.1) is 25.8 Å². The maximum atomic E-state index is 14.0. The Labute approximate surface area is 112 Å². The molecular weight excluding hydrogens is 287 g/mol. The maximum absolute atomic E-state index is 14.0. The van der Waals surface area contributed by atoms with Crippen LogP contribution in [-0.2, 0) is 9.53 Å². The summed E-state index contributed by atoms with van der Waals surface area (Å²) in [5.74, 6) is -5.55. The second-order valence-electron chi connectivity index (χ2n) is 4.94. The van der Waals surface area contributed by atoms with Crippen LogP contribution in [0.4, 0.5) is 22.0 Å². The van der Waals surface area contributed by atoms with E-state index in [9.17, 15) is 26.7 Å². The van der Waals surface area contributed by atoms with E-state index in [1.807, 2.05) is 0 Å². The highest BCUT2D eigenvalue weighted by atomic mass is 19.4. The minimum absolute atomic E-state index is 0.172. The van der Waals surface area contributed by atoms with E-state index in [4.69, 9.17) is 4.74 Å². The minimum Gasteiger partial charge on any atom is -0.379 e. The fourth-order valence-corrected chi connectivity index (χ4v) is 2.62. The number of morpholine rings is 1. The fraction of sp³-hybridized carbons (Fsp3) is 0.909. The summed E-state index contributed by atoms with van der Waals surface area (Å²) in [6, 6.07) is -1.14. The van der Waals surface area contributed by atoms with Gasteiger partial charge in [-0.1, -0.05) is 0 Å². The standard InChI is InChI=1S/C11H15F5N2O2/c12-10(13)7-18(9(19)11(14,15)16)2-1-8(10)17-3-5-20-6-4-17/h8H,1-7H2. The molecule has 2 aliphatic heterocycles. The van der Waals surface area contributed by atoms with Gasteiger partial charge in [-0.25, -0.2) is 8.78 Å². The molecule has 0 bridgehead atoms. The van der Waals surface area contributed by atoms with Gasteiger partial charge in [0.15, 0.2) is 0 Å². The molecule has 2 saturated heterocycles. The van der Waals surface area contributed by atoms with E-state index >= 15 is 0 Å². The van der Waals surface area contributed by atoms with Crippen LogP contribution in [0.15, 0.2) is 0 Å². The smallest absolute Gasteiger partial charge is 0.379 e. The topological polar surface area (TPSA) is 32.8 Å². The summed E-state index contributed by atoms with van der Waals surface area (Å²) in [4.78, 5) is 12.7. The van der Waals surface area contributed by atoms with Gasteiger partial charge in [0.1, 0.15) is 0 Å². The Morgan fingerprint density at radius 2 is 1.75 bits per heavy atom. The molecule has 1 unspecified atom stereocenters. The number of nitrogens with zero attached hydrogens (tertiary/aromatic N) is 2. The summed E-state index contributed by atoms with van der Waals surface area (Å²) < 4.78 is 69.9. The van der Waals surface area contributed by atoms with Crippen LogP contribution in [0, 0.1) is 0 Å². The first-order valence-electron chi connectivity index (χ1n) is 6.27. The van der Waals surface area contributed by atoms with E-state index in [2.05, 4.69) is 0 Å². The molecule has 0 N–H and O–H groups in total. The predicted molar refractivity (Wildman–Crippen MR) is 58.4 cm³/mol. The van der Waals surface area contributed by atoms with Crippen LogP contribution in [-0.4, -0.2) is 73.2 Å². The van der Waals surface area contributed by atoms with Crippen molar-refractivity contribution in [3.8, 4) is 0 Å². The molecular formula is C11H15F5N2O2. The first-order valence-corrected chi connectivity index (χ1v) is 6.27. The Morgan fingerprint density at radius 3 is 2.25 bits per heavy atom. The number of hydrogen-bond acceptors (Lipinski definition) is 3. The molecule has 0 saturated carbocycles. The van der Waals surface area contributed by atoms with E-state index < -0.39 is 30.6 Å². The summed E-state index contributed by atoms with van der Waals surface area (Å²) in [7, 11) is 0. The van der Waals surface area contributed by atoms with Crippen molar-refractivity contribution in [1.82, 2.24) is 9.80 Å². The summed E-state index contributed by atoms with van der Waals surface area (Å²) in [5, 5.41) is 0. The minimum atomic E-state index is -5.11. The van der Waals surface area contributed by atoms with Crippen molar-refractivity contribution in [3.05, 3.63) is 0 Å². The normalized spacial score (nSPS) is 28.4. The third kappa shape index (κ3) is 3.20. The van der Waals surface area contributed by atoms with E-state index in [0.29, 0.717) is 26.3 Å². The van der Waals surface area contributed by atoms with Crippen LogP contribution in [0.3, 0.4) is 0 Å². The zero-order valence-electron chi connectivity index (χ0n) is 10.6. The van der Waals surface area contributed by atoms with Crippen molar-refractivity contribution in [2.75, 3.05) is 39.4 Å². The highest BCUT2D eigenvalue weighted by Gasteiger charge is 2.52. The van der Waals surface area contributed by atoms with E-state index in [0.717, 1.165) is 0 Å². The lowest BCUT2D eigenvalue weighted by Crippen LogP contribution is -2.62. The summed E-state index contributed by atoms with van der Waals surface area (Å²) in [6.07, 6.45) is -5.28. The molecule has 0 aromatic heterocycles. The van der Waals surface area contributed by atoms with Gasteiger partial charge in [-0.2, -0.15) is 13.2 Å². The van der Waals surface area contributed by atoms with Crippen LogP contribution in [0.25, 0.3) is 0 Å². The Kier molecular flexibility index (Phi) is 4.19. The Balaban J connectivity index is 2.03. The van der Waals surface area contributed by atoms with Crippen LogP contribution in [0.1, 0.15) is 6.42 Å². The molecule has 4 nitrogen and oxygen atoms in total. The molecule has 0 aromatic carbocycles. The number of carbonyl (C=O) groups is 1. The molecule has 0 aliphatic carbocycles. The maximum Gasteiger partial charge on any atom is 0.471 e. The van der Waals surface area contributed by atoms with Crippen molar-refractivity contribution >= 4 is 5.91 Å². The van der Waals surface area contributed by atoms with E-state index in [-0.39, 0.29) is 17.9 Å². The zero-order chi connectivity index (χ0) is 15.0. The number of amides is 1. The average Bonchev–Trinajstić information content (AvgIpc) is 2.36. The lowest BCUT2D eigenvalue weighted by Gasteiger charge is -2.44. The van der Waals surface area contributed by atoms with Crippen LogP contribution in [0.5, 0.6) is 0 Å². The summed E-state index contributed by atoms with van der Waals surface area (Å²) in [5.41, 5.74) is 0. The third-order valence-corrected chi connectivity index (χ3v) is 3.58. The molecule has 1 amide bonds. The largest absolute Gasteiger partial charge is 0.471 e. The predicted octanol–water partition coefficient (Wildman–Crippen LogP) is 1.12. The summed E-state index contributed by atoms with van der Waals surface area (Å²) >= 11 is 0. The van der Waals surface area contributed by atoms with E-state index in [1.165, 1.54) is 4.90 Å². The second kappa shape index (κ2) is 5.44. The number of ether oxygens (including phenoxy) is 1. The molecule has 2 rings (SSSR count). The van der Waals surface area contributed by atoms with E-state index in [1.54, 1.807) is 0 Å². The van der Waals surface area contributed by atoms with Gasteiger partial charge in [-0.15, -0.1) is 0 Å². The molecule has 116 valence electrons. The van der Waals surface area contributed by atoms with Gasteiger partial charge < -0.3 is 9.64 Å². The average molecular weight is 302 g/mol. The molecule has 2 fully saturated rings. The number of alkyl halides is 5. The van der Waals surface area contributed by atoms with Crippen molar-refractivity contribution < 1.29 is 31.5 Å². The first-order chi connectivity index (χ1) is 9.22. The molecule has 2 aliphatic rings. The highest BCUT2D eigenvalue weighted by Crippen LogP contribution is 2.33. The number of likely N-dealkylation sites (tertiary alicyclic amines) is 1. The van der Waals surface area contributed by atoms with Gasteiger partial charge >= 0.3 is 12.1 Å². The van der Waals surface area contributed by atoms with Crippen molar-refractivity contribution in [1.29, 1.82) is 0 Å². The number of rotatable bonds is 1. The lowest BCUT2D eigenvalue weighted by molar-refractivity contribution is -0.199. The van der Waals surface area contributed by atoms with Gasteiger partial charge in [-0.05, 0) is 6.42 Å². The number of piperidine rings is 1. The van der Waals surface area contributed by atoms with Gasteiger partial charge in [-0.3, -0.25) is 9.69 Å². The van der Waals surface area contributed by atoms with Crippen LogP contribution < -0.4 is 0 Å². The second-order valence-corrected chi connectivity index (χ2v) is 4.94. The van der Waals surface area contributed by atoms with Crippen molar-refractivity contribution in [3.63, 3.8) is 0 Å². The number of hydrogen-bond donors (Lipinski definition) is 0. The monoisotopic (exact) mass is 302 g/mol. The molecule has 0 radical (unpaired) electrons. The fourth-order valence-electron chi connectivity index (χ4n) is 2.62.